The van der Waals surface area contributed by atoms with Crippen molar-refractivity contribution in [3.8, 4) is 0 Å². The minimum Gasteiger partial charge on any atom is -0.467 e. The first kappa shape index (κ1) is 16.1. The molecule has 1 aromatic carbocycles. The summed E-state index contributed by atoms with van der Waals surface area (Å²) in [5, 5.41) is 0.441. The van der Waals surface area contributed by atoms with Crippen LogP contribution in [-0.2, 0) is 15.1 Å². The van der Waals surface area contributed by atoms with Gasteiger partial charge in [0.1, 0.15) is 5.54 Å². The van der Waals surface area contributed by atoms with Crippen LogP contribution in [0, 0.1) is 5.92 Å². The van der Waals surface area contributed by atoms with Gasteiger partial charge in [-0.15, -0.1) is 0 Å². The van der Waals surface area contributed by atoms with Crippen LogP contribution in [0.15, 0.2) is 30.3 Å². The molecule has 3 nitrogen and oxygen atoms in total. The van der Waals surface area contributed by atoms with Gasteiger partial charge in [-0.3, -0.25) is 0 Å². The molecule has 0 aromatic heterocycles. The van der Waals surface area contributed by atoms with Crippen molar-refractivity contribution < 1.29 is 9.53 Å². The molecule has 0 saturated heterocycles. The van der Waals surface area contributed by atoms with Crippen molar-refractivity contribution in [2.75, 3.05) is 12.9 Å². The molecular formula is C15H23NO2S. The summed E-state index contributed by atoms with van der Waals surface area (Å²) in [5.74, 6) is 0.674. The molecule has 1 aromatic rings. The highest BCUT2D eigenvalue weighted by atomic mass is 32.2. The van der Waals surface area contributed by atoms with Crippen molar-refractivity contribution >= 4 is 17.7 Å². The molecule has 0 amide bonds. The Balaban J connectivity index is 2.92. The standard InChI is InChI=1S/C15H23NO2S/c1-11(2)12(3)19-10-15(16,14(17)18-4)13-8-6-5-7-9-13/h5-9,11-12H,10,16H2,1-4H3. The average Bonchev–Trinajstić information content (AvgIpc) is 2.44. The van der Waals surface area contributed by atoms with Gasteiger partial charge in [0.2, 0.25) is 0 Å². The largest absolute Gasteiger partial charge is 0.467 e. The minimum atomic E-state index is -1.08. The van der Waals surface area contributed by atoms with Gasteiger partial charge in [0.05, 0.1) is 7.11 Å². The summed E-state index contributed by atoms with van der Waals surface area (Å²) < 4.78 is 4.89. The molecule has 0 fully saturated rings. The molecule has 2 unspecified atom stereocenters. The van der Waals surface area contributed by atoms with E-state index in [2.05, 4.69) is 20.8 Å². The Hall–Kier alpha value is -1.00. The summed E-state index contributed by atoms with van der Waals surface area (Å²) in [6, 6.07) is 9.42. The van der Waals surface area contributed by atoms with Gasteiger partial charge in [0, 0.05) is 11.0 Å². The number of benzene rings is 1. The zero-order valence-corrected chi connectivity index (χ0v) is 12.9. The van der Waals surface area contributed by atoms with Crippen molar-refractivity contribution in [3.63, 3.8) is 0 Å². The second-order valence-corrected chi connectivity index (χ2v) is 6.45. The summed E-state index contributed by atoms with van der Waals surface area (Å²) in [4.78, 5) is 12.1. The molecule has 0 aliphatic heterocycles. The van der Waals surface area contributed by atoms with Crippen molar-refractivity contribution in [1.82, 2.24) is 0 Å². The molecule has 19 heavy (non-hydrogen) atoms. The Morgan fingerprint density at radius 2 is 1.89 bits per heavy atom. The zero-order valence-electron chi connectivity index (χ0n) is 12.1. The smallest absolute Gasteiger partial charge is 0.331 e. The molecule has 0 radical (unpaired) electrons. The Bertz CT molecular complexity index is 408. The molecule has 0 aliphatic carbocycles. The van der Waals surface area contributed by atoms with E-state index in [1.54, 1.807) is 11.8 Å². The highest BCUT2D eigenvalue weighted by molar-refractivity contribution is 8.00. The predicted molar refractivity (Wildman–Crippen MR) is 81.1 cm³/mol. The molecule has 2 N–H and O–H groups in total. The third kappa shape index (κ3) is 3.98. The number of nitrogens with two attached hydrogens (primary N) is 1. The normalized spacial score (nSPS) is 15.9. The van der Waals surface area contributed by atoms with Gasteiger partial charge in [-0.25, -0.2) is 4.79 Å². The van der Waals surface area contributed by atoms with Crippen molar-refractivity contribution in [2.24, 2.45) is 11.7 Å². The van der Waals surface area contributed by atoms with Gasteiger partial charge in [-0.1, -0.05) is 51.1 Å². The summed E-state index contributed by atoms with van der Waals surface area (Å²) >= 11 is 1.70. The van der Waals surface area contributed by atoms with Crippen LogP contribution < -0.4 is 5.73 Å². The molecule has 0 spiro atoms. The van der Waals surface area contributed by atoms with Crippen molar-refractivity contribution in [3.05, 3.63) is 35.9 Å². The van der Waals surface area contributed by atoms with E-state index in [-0.39, 0.29) is 5.97 Å². The fraction of sp³-hybridized carbons (Fsp3) is 0.533. The molecular weight excluding hydrogens is 258 g/mol. The zero-order chi connectivity index (χ0) is 14.5. The van der Waals surface area contributed by atoms with E-state index in [1.807, 2.05) is 30.3 Å². The second-order valence-electron chi connectivity index (χ2n) is 5.09. The highest BCUT2D eigenvalue weighted by Crippen LogP contribution is 2.29. The van der Waals surface area contributed by atoms with E-state index in [9.17, 15) is 4.79 Å². The Morgan fingerprint density at radius 1 is 1.32 bits per heavy atom. The fourth-order valence-electron chi connectivity index (χ4n) is 1.63. The average molecular weight is 281 g/mol. The van der Waals surface area contributed by atoms with Gasteiger partial charge in [-0.2, -0.15) is 11.8 Å². The number of esters is 1. The minimum absolute atomic E-state index is 0.387. The first-order valence-electron chi connectivity index (χ1n) is 6.46. The van der Waals surface area contributed by atoms with Gasteiger partial charge in [0.25, 0.3) is 0 Å². The van der Waals surface area contributed by atoms with E-state index in [4.69, 9.17) is 10.5 Å². The summed E-state index contributed by atoms with van der Waals surface area (Å²) in [7, 11) is 1.38. The van der Waals surface area contributed by atoms with Crippen LogP contribution in [0.3, 0.4) is 0 Å². The monoisotopic (exact) mass is 281 g/mol. The third-order valence-corrected chi connectivity index (χ3v) is 5.04. The molecule has 2 atom stereocenters. The van der Waals surface area contributed by atoms with Crippen LogP contribution in [0.25, 0.3) is 0 Å². The molecule has 0 heterocycles. The summed E-state index contributed by atoms with van der Waals surface area (Å²) in [6.45, 7) is 6.48. The number of rotatable bonds is 6. The number of ether oxygens (including phenoxy) is 1. The second kappa shape index (κ2) is 6.96. The lowest BCUT2D eigenvalue weighted by molar-refractivity contribution is -0.146. The molecule has 0 aliphatic rings. The Morgan fingerprint density at radius 3 is 2.37 bits per heavy atom. The van der Waals surface area contributed by atoms with E-state index < -0.39 is 5.54 Å². The number of carbonyl (C=O) groups excluding carboxylic acids is 1. The van der Waals surface area contributed by atoms with Crippen LogP contribution in [0.5, 0.6) is 0 Å². The lowest BCUT2D eigenvalue weighted by atomic mass is 9.93. The van der Waals surface area contributed by atoms with Crippen LogP contribution in [0.1, 0.15) is 26.3 Å². The van der Waals surface area contributed by atoms with E-state index in [0.29, 0.717) is 16.9 Å². The topological polar surface area (TPSA) is 52.3 Å². The maximum absolute atomic E-state index is 12.1. The summed E-state index contributed by atoms with van der Waals surface area (Å²) in [5.41, 5.74) is 6.04. The van der Waals surface area contributed by atoms with E-state index >= 15 is 0 Å². The first-order chi connectivity index (χ1) is 8.91. The molecule has 0 saturated carbocycles. The quantitative estimate of drug-likeness (QED) is 0.815. The van der Waals surface area contributed by atoms with E-state index in [0.717, 1.165) is 5.56 Å². The predicted octanol–water partition coefficient (Wildman–Crippen LogP) is 2.79. The molecule has 106 valence electrons. The fourth-order valence-corrected chi connectivity index (χ4v) is 2.83. The lowest BCUT2D eigenvalue weighted by Gasteiger charge is -2.28. The van der Waals surface area contributed by atoms with Crippen LogP contribution in [0.4, 0.5) is 0 Å². The maximum atomic E-state index is 12.1. The van der Waals surface area contributed by atoms with Crippen molar-refractivity contribution in [2.45, 2.75) is 31.6 Å². The third-order valence-electron chi connectivity index (χ3n) is 3.35. The first-order valence-corrected chi connectivity index (χ1v) is 7.51. The summed E-state index contributed by atoms with van der Waals surface area (Å²) in [6.07, 6.45) is 0. The van der Waals surface area contributed by atoms with Gasteiger partial charge >= 0.3 is 5.97 Å². The van der Waals surface area contributed by atoms with Crippen LogP contribution in [0.2, 0.25) is 0 Å². The Labute approximate surface area is 119 Å². The molecule has 0 bridgehead atoms. The SMILES string of the molecule is COC(=O)C(N)(CSC(C)C(C)C)c1ccccc1. The Kier molecular flexibility index (Phi) is 5.88. The van der Waals surface area contributed by atoms with Gasteiger partial charge < -0.3 is 10.5 Å². The maximum Gasteiger partial charge on any atom is 0.331 e. The number of hydrogen-bond acceptors (Lipinski definition) is 4. The van der Waals surface area contributed by atoms with Crippen LogP contribution in [-0.4, -0.2) is 24.1 Å². The van der Waals surface area contributed by atoms with Crippen LogP contribution >= 0.6 is 11.8 Å². The number of hydrogen-bond donors (Lipinski definition) is 1. The number of thioether (sulfide) groups is 1. The van der Waals surface area contributed by atoms with Gasteiger partial charge in [0.15, 0.2) is 0 Å². The van der Waals surface area contributed by atoms with E-state index in [1.165, 1.54) is 7.11 Å². The van der Waals surface area contributed by atoms with Gasteiger partial charge in [-0.05, 0) is 11.5 Å². The van der Waals surface area contributed by atoms with Crippen molar-refractivity contribution in [1.29, 1.82) is 0 Å². The lowest BCUT2D eigenvalue weighted by Crippen LogP contribution is -2.48. The number of carbonyl (C=O) groups is 1. The highest BCUT2D eigenvalue weighted by Gasteiger charge is 2.37. The number of methoxy groups -OCH3 is 1. The molecule has 4 heteroatoms. The molecule has 1 rings (SSSR count).